The summed E-state index contributed by atoms with van der Waals surface area (Å²) in [4.78, 5) is 11.4. The molecule has 19 atom stereocenters. The Hall–Kier alpha value is 0.167. The SMILES string of the molecule is C.COC1C(O)C(CO)O[C@H](C)C1O.COC1C(OC2OC(C)C(O)C(O)C2O)C(C(=O)O)O[C@H](C)C1O.COC1[CH-]OC(C)C(O)C1O.[CH3-].[CH3-].[CH3-].[W+2].[W+2]. The molecule has 4 aliphatic rings. The molecule has 0 amide bonds. The predicted octanol–water partition coefficient (Wildman–Crippen LogP) is -2.76. The molecule has 0 spiro atoms. The Bertz CT molecular complexity index is 959. The zero-order valence-corrected chi connectivity index (χ0v) is 37.6. The van der Waals surface area contributed by atoms with E-state index in [1.54, 1.807) is 13.8 Å². The number of ether oxygens (including phenoxy) is 8. The van der Waals surface area contributed by atoms with Gasteiger partial charge in [0.05, 0.1) is 31.0 Å². The first-order valence-electron chi connectivity index (χ1n) is 15.4. The summed E-state index contributed by atoms with van der Waals surface area (Å²) >= 11 is 0. The van der Waals surface area contributed by atoms with Crippen molar-refractivity contribution in [3.05, 3.63) is 28.9 Å². The van der Waals surface area contributed by atoms with Crippen molar-refractivity contribution in [2.24, 2.45) is 0 Å². The van der Waals surface area contributed by atoms with Crippen molar-refractivity contribution in [2.75, 3.05) is 27.9 Å². The van der Waals surface area contributed by atoms with Crippen molar-refractivity contribution in [3.63, 3.8) is 0 Å². The van der Waals surface area contributed by atoms with E-state index in [2.05, 4.69) is 0 Å². The zero-order chi connectivity index (χ0) is 36.6. The number of methoxy groups -OCH3 is 3. The molecule has 4 rings (SSSR count). The Morgan fingerprint density at radius 2 is 1.06 bits per heavy atom. The van der Waals surface area contributed by atoms with Crippen LogP contribution in [0.15, 0.2) is 0 Å². The van der Waals surface area contributed by atoms with Crippen LogP contribution in [0, 0.1) is 28.9 Å². The van der Waals surface area contributed by atoms with Crippen molar-refractivity contribution < 1.29 is 136 Å². The topological polar surface area (TPSA) is 293 Å². The molecule has 0 bridgehead atoms. The summed E-state index contributed by atoms with van der Waals surface area (Å²) in [5, 5.41) is 95.5. The van der Waals surface area contributed by atoms with Crippen LogP contribution in [0.4, 0.5) is 0 Å². The molecule has 4 fully saturated rings. The molecular weight excluding hydrogens is 1070 g/mol. The summed E-state index contributed by atoms with van der Waals surface area (Å²) in [6.07, 6.45) is -18.8. The second-order valence-corrected chi connectivity index (χ2v) is 12.0. The normalized spacial score (nSPS) is 42.6. The fraction of sp³-hybridized carbons (Fsp3) is 0.848. The third-order valence-corrected chi connectivity index (χ3v) is 8.66. The molecule has 0 aromatic rings. The number of carboxylic acids is 1. The van der Waals surface area contributed by atoms with Crippen LogP contribution in [-0.4, -0.2) is 201 Å². The average Bonchev–Trinajstić information content (AvgIpc) is 3.05. The predicted molar refractivity (Wildman–Crippen MR) is 184 cm³/mol. The Kier molecular flexibility index (Phi) is 34.5. The van der Waals surface area contributed by atoms with Gasteiger partial charge in [0.25, 0.3) is 0 Å². The standard InChI is InChI=1S/C14H24O10.C8H16O5.C7H13O4.CH4.3CH3.2W/c1-4-6(15)8(17)9(18)14(23-4)24-11-10(21-3)7(16)5(2)22-12(11)13(19)20;1-4-6(10)8(12-2)7(11)5(3-9)13-4;1-4-6(8)7(9)5(10-2)3-11-4;;;;;;/h4-12,14-18H,1-3H3,(H,19,20);4-11H,3H2,1-2H3;3-9H,1-2H3;1H4;3*1H3;;/q;;-1;;3*-1;2*+2/t4?,5-,6?,7?,8?,9?,10?,11?,12?,14?;4-,5?,6?,7?,8?;;;;;;;/m11......./s1. The molecule has 54 heavy (non-hydrogen) atoms. The smallest absolute Gasteiger partial charge is 0.545 e. The van der Waals surface area contributed by atoms with Crippen molar-refractivity contribution in [3.8, 4) is 0 Å². The Morgan fingerprint density at radius 3 is 1.52 bits per heavy atom. The summed E-state index contributed by atoms with van der Waals surface area (Å²) in [5.41, 5.74) is 0. The number of carbonyl (C=O) groups is 1. The van der Waals surface area contributed by atoms with Gasteiger partial charge in [-0.3, -0.25) is 0 Å². The number of hydrogen-bond donors (Lipinski definition) is 10. The van der Waals surface area contributed by atoms with Gasteiger partial charge in [0, 0.05) is 27.4 Å². The molecule has 19 nitrogen and oxygen atoms in total. The number of rotatable bonds is 7. The molecule has 21 heteroatoms. The van der Waals surface area contributed by atoms with Crippen molar-refractivity contribution >= 4 is 5.97 Å². The minimum Gasteiger partial charge on any atom is -0.545 e. The van der Waals surface area contributed by atoms with Gasteiger partial charge in [0.15, 0.2) is 12.4 Å². The van der Waals surface area contributed by atoms with Gasteiger partial charge in [-0.15, -0.1) is 0 Å². The number of aliphatic hydroxyl groups excluding tert-OH is 9. The van der Waals surface area contributed by atoms with E-state index in [4.69, 9.17) is 43.0 Å². The summed E-state index contributed by atoms with van der Waals surface area (Å²) in [6.45, 7) is 7.45. The number of aliphatic hydroxyl groups is 9. The number of aliphatic carboxylic acids is 1. The molecule has 4 saturated heterocycles. The second-order valence-electron chi connectivity index (χ2n) is 12.0. The van der Waals surface area contributed by atoms with Gasteiger partial charge in [-0.05, 0) is 33.8 Å². The Labute approximate surface area is 348 Å². The number of carboxylic acid groups (broad SMARTS) is 1. The zero-order valence-electron chi connectivity index (χ0n) is 31.7. The van der Waals surface area contributed by atoms with Gasteiger partial charge in [-0.25, -0.2) is 4.79 Å². The van der Waals surface area contributed by atoms with Crippen LogP contribution in [0.5, 0.6) is 0 Å². The van der Waals surface area contributed by atoms with Gasteiger partial charge in [0.1, 0.15) is 67.1 Å². The van der Waals surface area contributed by atoms with Crippen molar-refractivity contribution in [1.82, 2.24) is 0 Å². The fourth-order valence-electron chi connectivity index (χ4n) is 5.50. The minimum atomic E-state index is -1.61. The van der Waals surface area contributed by atoms with Crippen LogP contribution in [0.1, 0.15) is 35.1 Å². The summed E-state index contributed by atoms with van der Waals surface area (Å²) < 4.78 is 41.1. The van der Waals surface area contributed by atoms with E-state index >= 15 is 0 Å². The molecule has 0 radical (unpaired) electrons. The molecule has 0 saturated carbocycles. The second kappa shape index (κ2) is 29.4. The molecule has 4 heterocycles. The molecule has 0 aromatic heterocycles. The van der Waals surface area contributed by atoms with Crippen LogP contribution < -0.4 is 0 Å². The van der Waals surface area contributed by atoms with E-state index in [-0.39, 0.29) is 84.5 Å². The molecule has 324 valence electrons. The van der Waals surface area contributed by atoms with Crippen LogP contribution in [0.25, 0.3) is 0 Å². The molecule has 4 aliphatic heterocycles. The quantitative estimate of drug-likeness (QED) is 0.116. The van der Waals surface area contributed by atoms with Gasteiger partial charge < -0.3 is 111 Å². The van der Waals surface area contributed by atoms with Crippen molar-refractivity contribution in [1.29, 1.82) is 0 Å². The Morgan fingerprint density at radius 1 is 0.593 bits per heavy atom. The van der Waals surface area contributed by atoms with E-state index in [1.807, 2.05) is 0 Å². The monoisotopic (exact) mass is 1130 g/mol. The molecular formula is C33H66O19W2. The fourth-order valence-corrected chi connectivity index (χ4v) is 5.50. The van der Waals surface area contributed by atoms with Gasteiger partial charge in [-0.2, -0.15) is 6.61 Å². The molecule has 0 aliphatic carbocycles. The van der Waals surface area contributed by atoms with Crippen molar-refractivity contribution in [2.45, 2.75) is 151 Å². The summed E-state index contributed by atoms with van der Waals surface area (Å²) in [7, 11) is 4.14. The summed E-state index contributed by atoms with van der Waals surface area (Å²) in [6, 6.07) is 0. The van der Waals surface area contributed by atoms with Crippen LogP contribution in [-0.2, 0) is 84.8 Å². The number of hydrogen-bond acceptors (Lipinski definition) is 18. The van der Waals surface area contributed by atoms with Gasteiger partial charge in [0.2, 0.25) is 0 Å². The van der Waals surface area contributed by atoms with E-state index < -0.39 is 116 Å². The maximum absolute atomic E-state index is 11.4. The maximum atomic E-state index is 11.4. The van der Waals surface area contributed by atoms with E-state index in [0.717, 1.165) is 0 Å². The molecule has 0 aromatic carbocycles. The van der Waals surface area contributed by atoms with Crippen LogP contribution in [0.2, 0.25) is 0 Å². The maximum Gasteiger partial charge on any atom is 2.00 e. The largest absolute Gasteiger partial charge is 2.00 e. The van der Waals surface area contributed by atoms with Gasteiger partial charge in [-0.1, -0.05) is 7.43 Å². The Balaban J connectivity index is -0.000000230. The van der Waals surface area contributed by atoms with Crippen LogP contribution in [0.3, 0.4) is 0 Å². The minimum absolute atomic E-state index is 0. The van der Waals surface area contributed by atoms with Gasteiger partial charge >= 0.3 is 48.1 Å². The first kappa shape index (κ1) is 63.3. The molecule has 17 unspecified atom stereocenters. The van der Waals surface area contributed by atoms with E-state index in [0.29, 0.717) is 0 Å². The third kappa shape index (κ3) is 15.7. The first-order valence-corrected chi connectivity index (χ1v) is 15.4. The van der Waals surface area contributed by atoms with E-state index in [9.17, 15) is 50.8 Å². The average molecular weight is 1130 g/mol. The molecule has 10 N–H and O–H groups in total. The summed E-state index contributed by atoms with van der Waals surface area (Å²) in [5.74, 6) is -1.33. The van der Waals surface area contributed by atoms with E-state index in [1.165, 1.54) is 41.8 Å². The van der Waals surface area contributed by atoms with Crippen LogP contribution >= 0.6 is 0 Å². The first-order chi connectivity index (χ1) is 22.5. The third-order valence-electron chi connectivity index (χ3n) is 8.66.